The molecule has 0 heterocycles. The minimum absolute atomic E-state index is 0.203. The molecule has 1 saturated carbocycles. The molecule has 0 aromatic carbocycles. The lowest BCUT2D eigenvalue weighted by atomic mass is 9.83. The summed E-state index contributed by atoms with van der Waals surface area (Å²) in [5.41, 5.74) is 0. The van der Waals surface area contributed by atoms with Gasteiger partial charge in [0.25, 0.3) is 0 Å². The number of rotatable bonds is 16. The summed E-state index contributed by atoms with van der Waals surface area (Å²) in [5, 5.41) is 0. The van der Waals surface area contributed by atoms with E-state index in [1.54, 1.807) is 0 Å². The number of Topliss-reactive ketones (excluding diaryl/α,β-unsaturated/α-hetero) is 2. The molecule has 0 unspecified atom stereocenters. The first-order valence-corrected chi connectivity index (χ1v) is 11.5. The molecular formula is C24H42O2. The van der Waals surface area contributed by atoms with Gasteiger partial charge in [-0.05, 0) is 38.5 Å². The molecule has 26 heavy (non-hydrogen) atoms. The summed E-state index contributed by atoms with van der Waals surface area (Å²) in [7, 11) is 0. The molecule has 1 aliphatic rings. The van der Waals surface area contributed by atoms with E-state index in [0.29, 0.717) is 12.8 Å². The summed E-state index contributed by atoms with van der Waals surface area (Å²) in [6.07, 6.45) is 25.7. The van der Waals surface area contributed by atoms with Gasteiger partial charge in [0, 0.05) is 12.8 Å². The number of carbonyl (C=O) groups is 2. The van der Waals surface area contributed by atoms with Crippen molar-refractivity contribution >= 4 is 11.6 Å². The Kier molecular flexibility index (Phi) is 14.5. The van der Waals surface area contributed by atoms with Crippen molar-refractivity contribution in [3.63, 3.8) is 0 Å². The second-order valence-electron chi connectivity index (χ2n) is 8.07. The molecule has 0 saturated heterocycles. The van der Waals surface area contributed by atoms with E-state index in [9.17, 15) is 9.59 Å². The first-order chi connectivity index (χ1) is 12.8. The van der Waals surface area contributed by atoms with E-state index in [1.807, 2.05) is 0 Å². The largest absolute Gasteiger partial charge is 0.299 e. The molecule has 150 valence electrons. The fourth-order valence-electron chi connectivity index (χ4n) is 3.88. The van der Waals surface area contributed by atoms with Crippen molar-refractivity contribution in [3.8, 4) is 0 Å². The van der Waals surface area contributed by atoms with E-state index in [1.165, 1.54) is 83.5 Å². The fourth-order valence-corrected chi connectivity index (χ4v) is 3.88. The third kappa shape index (κ3) is 11.6. The maximum absolute atomic E-state index is 11.8. The van der Waals surface area contributed by atoms with Gasteiger partial charge in [0.1, 0.15) is 11.6 Å². The Labute approximate surface area is 162 Å². The smallest absolute Gasteiger partial charge is 0.143 e. The normalized spacial score (nSPS) is 16.0. The summed E-state index contributed by atoms with van der Waals surface area (Å²) in [4.78, 5) is 23.5. The number of hydrogen-bond donors (Lipinski definition) is 0. The van der Waals surface area contributed by atoms with E-state index in [0.717, 1.165) is 19.3 Å². The molecule has 0 atom stereocenters. The molecule has 0 bridgehead atoms. The monoisotopic (exact) mass is 362 g/mol. The summed E-state index contributed by atoms with van der Waals surface area (Å²) < 4.78 is 0. The van der Waals surface area contributed by atoms with Crippen LogP contribution in [-0.2, 0) is 9.59 Å². The van der Waals surface area contributed by atoms with Gasteiger partial charge in [-0.25, -0.2) is 0 Å². The maximum atomic E-state index is 11.8. The molecular weight excluding hydrogens is 320 g/mol. The van der Waals surface area contributed by atoms with E-state index < -0.39 is 0 Å². The predicted molar refractivity (Wildman–Crippen MR) is 111 cm³/mol. The highest BCUT2D eigenvalue weighted by atomic mass is 16.2. The van der Waals surface area contributed by atoms with Crippen molar-refractivity contribution in [2.75, 3.05) is 0 Å². The molecule has 2 nitrogen and oxygen atoms in total. The van der Waals surface area contributed by atoms with Crippen LogP contribution in [0.2, 0.25) is 0 Å². The summed E-state index contributed by atoms with van der Waals surface area (Å²) in [5.74, 6) is 0.156. The Morgan fingerprint density at radius 1 is 0.692 bits per heavy atom. The molecule has 1 fully saturated rings. The Bertz CT molecular complexity index is 381. The summed E-state index contributed by atoms with van der Waals surface area (Å²) in [6.45, 7) is 2.27. The average molecular weight is 363 g/mol. The van der Waals surface area contributed by atoms with Gasteiger partial charge in [-0.2, -0.15) is 0 Å². The van der Waals surface area contributed by atoms with Gasteiger partial charge < -0.3 is 0 Å². The van der Waals surface area contributed by atoms with Crippen molar-refractivity contribution in [3.05, 3.63) is 12.2 Å². The van der Waals surface area contributed by atoms with E-state index in [2.05, 4.69) is 19.1 Å². The lowest BCUT2D eigenvalue weighted by Gasteiger charge is -2.18. The van der Waals surface area contributed by atoms with Crippen LogP contribution in [0.25, 0.3) is 0 Å². The van der Waals surface area contributed by atoms with Crippen molar-refractivity contribution in [1.29, 1.82) is 0 Å². The van der Waals surface area contributed by atoms with Crippen molar-refractivity contribution < 1.29 is 9.59 Å². The van der Waals surface area contributed by atoms with Crippen LogP contribution in [0, 0.1) is 5.92 Å². The third-order valence-electron chi connectivity index (χ3n) is 5.63. The highest BCUT2D eigenvalue weighted by Crippen LogP contribution is 2.23. The van der Waals surface area contributed by atoms with Gasteiger partial charge in [-0.3, -0.25) is 9.59 Å². The van der Waals surface area contributed by atoms with E-state index in [4.69, 9.17) is 0 Å². The lowest BCUT2D eigenvalue weighted by molar-refractivity contribution is -0.135. The van der Waals surface area contributed by atoms with Gasteiger partial charge >= 0.3 is 0 Å². The van der Waals surface area contributed by atoms with Crippen molar-refractivity contribution in [2.45, 2.75) is 122 Å². The van der Waals surface area contributed by atoms with Crippen LogP contribution in [0.1, 0.15) is 122 Å². The minimum atomic E-state index is -0.250. The van der Waals surface area contributed by atoms with Crippen molar-refractivity contribution in [1.82, 2.24) is 0 Å². The maximum Gasteiger partial charge on any atom is 0.143 e. The first kappa shape index (κ1) is 23.1. The highest BCUT2D eigenvalue weighted by Gasteiger charge is 2.28. The second-order valence-corrected chi connectivity index (χ2v) is 8.07. The topological polar surface area (TPSA) is 34.1 Å². The molecule has 1 rings (SSSR count). The summed E-state index contributed by atoms with van der Waals surface area (Å²) in [6, 6.07) is 0. The molecule has 0 radical (unpaired) electrons. The van der Waals surface area contributed by atoms with Gasteiger partial charge in [0.05, 0.1) is 5.92 Å². The number of unbranched alkanes of at least 4 members (excludes halogenated alkanes) is 12. The number of allylic oxidation sites excluding steroid dienone is 2. The van der Waals surface area contributed by atoms with Crippen LogP contribution in [-0.4, -0.2) is 11.6 Å². The van der Waals surface area contributed by atoms with Gasteiger partial charge in [0.15, 0.2) is 0 Å². The molecule has 0 aromatic heterocycles. The Morgan fingerprint density at radius 3 is 1.69 bits per heavy atom. The number of ketones is 2. The Balaban J connectivity index is 1.82. The SMILES string of the molecule is CCCCCCCC/C=C\CCCCCCCCC1C(=O)CCCC1=O. The lowest BCUT2D eigenvalue weighted by Crippen LogP contribution is -2.28. The van der Waals surface area contributed by atoms with Gasteiger partial charge in [-0.15, -0.1) is 0 Å². The fraction of sp³-hybridized carbons (Fsp3) is 0.833. The molecule has 0 aromatic rings. The van der Waals surface area contributed by atoms with E-state index in [-0.39, 0.29) is 17.5 Å². The first-order valence-electron chi connectivity index (χ1n) is 11.5. The van der Waals surface area contributed by atoms with E-state index >= 15 is 0 Å². The minimum Gasteiger partial charge on any atom is -0.299 e. The number of carbonyl (C=O) groups excluding carboxylic acids is 2. The predicted octanol–water partition coefficient (Wildman–Crippen LogP) is 7.35. The zero-order valence-electron chi connectivity index (χ0n) is 17.3. The van der Waals surface area contributed by atoms with Crippen LogP contribution in [0.3, 0.4) is 0 Å². The molecule has 0 amide bonds. The third-order valence-corrected chi connectivity index (χ3v) is 5.63. The van der Waals surface area contributed by atoms with Crippen molar-refractivity contribution in [2.24, 2.45) is 5.92 Å². The second kappa shape index (κ2) is 16.3. The van der Waals surface area contributed by atoms with Gasteiger partial charge in [-0.1, -0.05) is 83.3 Å². The molecule has 2 heteroatoms. The van der Waals surface area contributed by atoms with Gasteiger partial charge in [0.2, 0.25) is 0 Å². The molecule has 0 N–H and O–H groups in total. The molecule has 0 aliphatic heterocycles. The zero-order chi connectivity index (χ0) is 18.9. The molecule has 1 aliphatic carbocycles. The highest BCUT2D eigenvalue weighted by molar-refractivity contribution is 6.04. The summed E-state index contributed by atoms with van der Waals surface area (Å²) >= 11 is 0. The average Bonchev–Trinajstić information content (AvgIpc) is 2.63. The Morgan fingerprint density at radius 2 is 1.15 bits per heavy atom. The quantitative estimate of drug-likeness (QED) is 0.163. The molecule has 0 spiro atoms. The van der Waals surface area contributed by atoms with Crippen LogP contribution in [0.4, 0.5) is 0 Å². The van der Waals surface area contributed by atoms with Crippen LogP contribution < -0.4 is 0 Å². The zero-order valence-corrected chi connectivity index (χ0v) is 17.3. The number of hydrogen-bond acceptors (Lipinski definition) is 2. The van der Waals surface area contributed by atoms with Crippen LogP contribution in [0.15, 0.2) is 12.2 Å². The van der Waals surface area contributed by atoms with Crippen LogP contribution in [0.5, 0.6) is 0 Å². The van der Waals surface area contributed by atoms with Crippen LogP contribution >= 0.6 is 0 Å². The Hall–Kier alpha value is -0.920. The standard InChI is InChI=1S/C24H42O2/c1-2-3-4-5-6-7-8-9-10-11-12-13-14-15-16-17-19-22-23(25)20-18-21-24(22)26/h9-10,22H,2-8,11-21H2,1H3/b10-9-.